The number of halogens is 1. The van der Waals surface area contributed by atoms with Gasteiger partial charge in [0.1, 0.15) is 11.6 Å². The van der Waals surface area contributed by atoms with Gasteiger partial charge in [0.15, 0.2) is 11.0 Å². The summed E-state index contributed by atoms with van der Waals surface area (Å²) in [5, 5.41) is 13.6. The molecule has 28 heavy (non-hydrogen) atoms. The molecule has 0 amide bonds. The number of thiazole rings is 1. The molecule has 2 aromatic carbocycles. The van der Waals surface area contributed by atoms with E-state index in [1.807, 2.05) is 29.6 Å². The first-order chi connectivity index (χ1) is 13.7. The Labute approximate surface area is 169 Å². The van der Waals surface area contributed by atoms with Crippen LogP contribution in [0.1, 0.15) is 5.69 Å². The van der Waals surface area contributed by atoms with E-state index in [0.717, 1.165) is 22.3 Å². The average Bonchev–Trinajstić information content (AvgIpc) is 3.37. The SMILES string of the molecule is COc1ccc(Nc2nc(CSc3n[nH]c(-c4ccccc4F)n3)cs2)cc1. The molecule has 0 bridgehead atoms. The van der Waals surface area contributed by atoms with Gasteiger partial charge in [-0.05, 0) is 36.4 Å². The molecule has 0 aliphatic carbocycles. The topological polar surface area (TPSA) is 75.7 Å². The number of rotatable bonds is 7. The van der Waals surface area contributed by atoms with Crippen LogP contribution in [0.3, 0.4) is 0 Å². The second-order valence-electron chi connectivity index (χ2n) is 5.73. The zero-order valence-electron chi connectivity index (χ0n) is 14.8. The molecule has 6 nitrogen and oxygen atoms in total. The number of benzene rings is 2. The van der Waals surface area contributed by atoms with Crippen LogP contribution in [0.15, 0.2) is 59.1 Å². The number of hydrogen-bond acceptors (Lipinski definition) is 7. The predicted octanol–water partition coefficient (Wildman–Crippen LogP) is 5.11. The molecule has 0 spiro atoms. The maximum absolute atomic E-state index is 13.8. The molecule has 0 saturated carbocycles. The lowest BCUT2D eigenvalue weighted by atomic mass is 10.2. The number of ether oxygens (including phenoxy) is 1. The Hall–Kier alpha value is -2.91. The Morgan fingerprint density at radius 2 is 1.96 bits per heavy atom. The van der Waals surface area contributed by atoms with Gasteiger partial charge in [-0.3, -0.25) is 5.10 Å². The van der Waals surface area contributed by atoms with Gasteiger partial charge in [0.25, 0.3) is 0 Å². The summed E-state index contributed by atoms with van der Waals surface area (Å²) in [5.74, 6) is 1.52. The molecule has 0 radical (unpaired) electrons. The van der Waals surface area contributed by atoms with Gasteiger partial charge in [-0.2, -0.15) is 0 Å². The monoisotopic (exact) mass is 413 g/mol. The second kappa shape index (κ2) is 8.41. The van der Waals surface area contributed by atoms with E-state index in [0.29, 0.717) is 22.3 Å². The van der Waals surface area contributed by atoms with Crippen LogP contribution in [0.4, 0.5) is 15.2 Å². The molecule has 0 aliphatic heterocycles. The van der Waals surface area contributed by atoms with E-state index in [9.17, 15) is 4.39 Å². The van der Waals surface area contributed by atoms with Gasteiger partial charge in [-0.25, -0.2) is 14.4 Å². The number of thioether (sulfide) groups is 1. The number of hydrogen-bond donors (Lipinski definition) is 2. The third-order valence-electron chi connectivity index (χ3n) is 3.84. The highest BCUT2D eigenvalue weighted by atomic mass is 32.2. The number of nitrogens with one attached hydrogen (secondary N) is 2. The van der Waals surface area contributed by atoms with Crippen LogP contribution < -0.4 is 10.1 Å². The molecule has 0 atom stereocenters. The summed E-state index contributed by atoms with van der Waals surface area (Å²) in [6.07, 6.45) is 0. The van der Waals surface area contributed by atoms with E-state index in [1.165, 1.54) is 29.2 Å². The molecule has 2 aromatic heterocycles. The van der Waals surface area contributed by atoms with Gasteiger partial charge >= 0.3 is 0 Å². The standard InChI is InChI=1S/C19H16FN5OS2/c1-26-14-8-6-12(7-9-14)21-18-22-13(10-27-18)11-28-19-23-17(24-25-19)15-4-2-3-5-16(15)20/h2-10H,11H2,1H3,(H,21,22)(H,23,24,25). The highest BCUT2D eigenvalue weighted by Crippen LogP contribution is 2.27. The van der Waals surface area contributed by atoms with Crippen molar-refractivity contribution in [3.05, 3.63) is 65.4 Å². The molecule has 9 heteroatoms. The molecule has 142 valence electrons. The summed E-state index contributed by atoms with van der Waals surface area (Å²) < 4.78 is 19.0. The van der Waals surface area contributed by atoms with Crippen LogP contribution in [0.5, 0.6) is 5.75 Å². The first-order valence-electron chi connectivity index (χ1n) is 8.37. The Morgan fingerprint density at radius 1 is 1.14 bits per heavy atom. The number of H-pyrrole nitrogens is 1. The second-order valence-corrected chi connectivity index (χ2v) is 7.53. The third-order valence-corrected chi connectivity index (χ3v) is 5.52. The molecule has 2 N–H and O–H groups in total. The molecule has 0 fully saturated rings. The summed E-state index contributed by atoms with van der Waals surface area (Å²) in [7, 11) is 1.64. The number of anilines is 2. The van der Waals surface area contributed by atoms with Crippen LogP contribution in [-0.2, 0) is 5.75 Å². The van der Waals surface area contributed by atoms with Crippen molar-refractivity contribution in [1.82, 2.24) is 20.2 Å². The van der Waals surface area contributed by atoms with E-state index in [4.69, 9.17) is 4.74 Å². The predicted molar refractivity (Wildman–Crippen MR) is 110 cm³/mol. The number of aromatic amines is 1. The quantitative estimate of drug-likeness (QED) is 0.410. The molecule has 0 saturated heterocycles. The minimum absolute atomic E-state index is 0.330. The number of nitrogens with zero attached hydrogens (tertiary/aromatic N) is 3. The molecular weight excluding hydrogens is 397 g/mol. The van der Waals surface area contributed by atoms with Crippen LogP contribution in [0.2, 0.25) is 0 Å². The van der Waals surface area contributed by atoms with Crippen molar-refractivity contribution in [3.63, 3.8) is 0 Å². The molecular formula is C19H16FN5OS2. The van der Waals surface area contributed by atoms with E-state index >= 15 is 0 Å². The minimum Gasteiger partial charge on any atom is -0.497 e. The van der Waals surface area contributed by atoms with Gasteiger partial charge in [-0.15, -0.1) is 16.4 Å². The van der Waals surface area contributed by atoms with Crippen molar-refractivity contribution < 1.29 is 9.13 Å². The van der Waals surface area contributed by atoms with Crippen molar-refractivity contribution in [2.24, 2.45) is 0 Å². The first kappa shape index (κ1) is 18.5. The zero-order chi connectivity index (χ0) is 19.3. The van der Waals surface area contributed by atoms with Crippen LogP contribution in [0.25, 0.3) is 11.4 Å². The van der Waals surface area contributed by atoms with Crippen molar-refractivity contribution in [2.75, 3.05) is 12.4 Å². The maximum Gasteiger partial charge on any atom is 0.209 e. The van der Waals surface area contributed by atoms with E-state index in [-0.39, 0.29) is 5.82 Å². The maximum atomic E-state index is 13.8. The van der Waals surface area contributed by atoms with Gasteiger partial charge in [0.05, 0.1) is 18.4 Å². The summed E-state index contributed by atoms with van der Waals surface area (Å²) in [6, 6.07) is 14.1. The van der Waals surface area contributed by atoms with Gasteiger partial charge in [-0.1, -0.05) is 23.9 Å². The molecule has 0 aliphatic rings. The Kier molecular flexibility index (Phi) is 5.54. The Bertz CT molecular complexity index is 1060. The van der Waals surface area contributed by atoms with Crippen molar-refractivity contribution in [2.45, 2.75) is 10.9 Å². The fourth-order valence-corrected chi connectivity index (χ4v) is 3.98. The molecule has 4 aromatic rings. The zero-order valence-corrected chi connectivity index (χ0v) is 16.5. The third kappa shape index (κ3) is 4.32. The summed E-state index contributed by atoms with van der Waals surface area (Å²) in [5.41, 5.74) is 2.27. The fourth-order valence-electron chi connectivity index (χ4n) is 2.45. The fraction of sp³-hybridized carbons (Fsp3) is 0.105. The first-order valence-corrected chi connectivity index (χ1v) is 10.2. The van der Waals surface area contributed by atoms with Crippen molar-refractivity contribution in [3.8, 4) is 17.1 Å². The van der Waals surface area contributed by atoms with Crippen molar-refractivity contribution in [1.29, 1.82) is 0 Å². The van der Waals surface area contributed by atoms with E-state index in [1.54, 1.807) is 25.3 Å². The van der Waals surface area contributed by atoms with Crippen LogP contribution >= 0.6 is 23.1 Å². The molecule has 2 heterocycles. The smallest absolute Gasteiger partial charge is 0.209 e. The minimum atomic E-state index is -0.330. The highest BCUT2D eigenvalue weighted by molar-refractivity contribution is 7.98. The normalized spacial score (nSPS) is 10.8. The summed E-state index contributed by atoms with van der Waals surface area (Å²) in [6.45, 7) is 0. The Morgan fingerprint density at radius 3 is 2.75 bits per heavy atom. The van der Waals surface area contributed by atoms with Gasteiger partial charge < -0.3 is 10.1 Å². The van der Waals surface area contributed by atoms with Crippen molar-refractivity contribution >= 4 is 33.9 Å². The number of methoxy groups -OCH3 is 1. The van der Waals surface area contributed by atoms with E-state index < -0.39 is 0 Å². The molecule has 4 rings (SSSR count). The summed E-state index contributed by atoms with van der Waals surface area (Å²) in [4.78, 5) is 8.92. The van der Waals surface area contributed by atoms with E-state index in [2.05, 4.69) is 25.5 Å². The van der Waals surface area contributed by atoms with Crippen LogP contribution in [-0.4, -0.2) is 27.3 Å². The molecule has 0 unspecified atom stereocenters. The Balaban J connectivity index is 1.36. The van der Waals surface area contributed by atoms with Gasteiger partial charge in [0, 0.05) is 16.8 Å². The van der Waals surface area contributed by atoms with Crippen LogP contribution in [0, 0.1) is 5.82 Å². The lowest BCUT2D eigenvalue weighted by Gasteiger charge is -2.03. The lowest BCUT2D eigenvalue weighted by molar-refractivity contribution is 0.415. The highest BCUT2D eigenvalue weighted by Gasteiger charge is 2.11. The number of aromatic nitrogens is 4. The average molecular weight is 414 g/mol. The lowest BCUT2D eigenvalue weighted by Crippen LogP contribution is -1.91. The summed E-state index contributed by atoms with van der Waals surface area (Å²) >= 11 is 2.97. The van der Waals surface area contributed by atoms with Gasteiger partial charge in [0.2, 0.25) is 5.16 Å². The largest absolute Gasteiger partial charge is 0.497 e.